The third-order valence-electron chi connectivity index (χ3n) is 6.39. The number of nitrogens with one attached hydrogen (secondary N) is 1. The normalized spacial score (nSPS) is 12.1. The number of halogens is 1. The van der Waals surface area contributed by atoms with E-state index >= 15 is 0 Å². The first-order chi connectivity index (χ1) is 18.5. The van der Waals surface area contributed by atoms with Crippen LogP contribution in [0.1, 0.15) is 42.5 Å². The number of aryl methyl sites for hydroxylation is 3. The van der Waals surface area contributed by atoms with Crippen LogP contribution < -0.4 is 9.62 Å². The minimum absolute atomic E-state index is 0.0139. The van der Waals surface area contributed by atoms with Gasteiger partial charge in [-0.15, -0.1) is 0 Å². The zero-order chi connectivity index (χ0) is 28.7. The highest BCUT2D eigenvalue weighted by Crippen LogP contribution is 2.27. The van der Waals surface area contributed by atoms with E-state index in [2.05, 4.69) is 5.32 Å². The molecule has 208 valence electrons. The molecule has 0 radical (unpaired) electrons. The summed E-state index contributed by atoms with van der Waals surface area (Å²) in [5.74, 6) is -1.31. The predicted molar refractivity (Wildman–Crippen MR) is 151 cm³/mol. The van der Waals surface area contributed by atoms with E-state index in [1.807, 2.05) is 26.8 Å². The van der Waals surface area contributed by atoms with Crippen molar-refractivity contribution < 1.29 is 22.4 Å². The summed E-state index contributed by atoms with van der Waals surface area (Å²) >= 11 is 0. The molecule has 0 heterocycles. The van der Waals surface area contributed by atoms with Gasteiger partial charge in [0.2, 0.25) is 11.8 Å². The van der Waals surface area contributed by atoms with Crippen LogP contribution in [0.15, 0.2) is 71.6 Å². The van der Waals surface area contributed by atoms with Crippen LogP contribution in [-0.2, 0) is 26.2 Å². The maximum Gasteiger partial charge on any atom is 0.264 e. The summed E-state index contributed by atoms with van der Waals surface area (Å²) in [4.78, 5) is 28.4. The highest BCUT2D eigenvalue weighted by molar-refractivity contribution is 7.92. The van der Waals surface area contributed by atoms with E-state index in [-0.39, 0.29) is 17.3 Å². The Kier molecular flexibility index (Phi) is 9.86. The van der Waals surface area contributed by atoms with Crippen molar-refractivity contribution in [3.63, 3.8) is 0 Å². The molecule has 0 aliphatic rings. The molecule has 0 saturated carbocycles. The molecule has 1 N–H and O–H groups in total. The molecule has 3 rings (SSSR count). The lowest BCUT2D eigenvalue weighted by atomic mass is 10.1. The minimum Gasteiger partial charge on any atom is -0.355 e. The Hall–Kier alpha value is -3.72. The fraction of sp³-hybridized carbons (Fsp3) is 0.333. The Labute approximate surface area is 230 Å². The van der Waals surface area contributed by atoms with Crippen LogP contribution in [-0.4, -0.2) is 44.3 Å². The first-order valence-electron chi connectivity index (χ1n) is 13.0. The van der Waals surface area contributed by atoms with Gasteiger partial charge in [0.05, 0.1) is 10.6 Å². The van der Waals surface area contributed by atoms with Gasteiger partial charge in [0, 0.05) is 13.1 Å². The van der Waals surface area contributed by atoms with E-state index in [9.17, 15) is 22.4 Å². The molecule has 0 fully saturated rings. The van der Waals surface area contributed by atoms with Crippen molar-refractivity contribution in [1.82, 2.24) is 10.2 Å². The van der Waals surface area contributed by atoms with Crippen molar-refractivity contribution in [2.45, 2.75) is 58.5 Å². The zero-order valence-electron chi connectivity index (χ0n) is 23.1. The lowest BCUT2D eigenvalue weighted by Gasteiger charge is -2.33. The van der Waals surface area contributed by atoms with Crippen molar-refractivity contribution in [1.29, 1.82) is 0 Å². The first-order valence-corrected chi connectivity index (χ1v) is 14.4. The van der Waals surface area contributed by atoms with Gasteiger partial charge in [-0.1, -0.05) is 42.8 Å². The maximum absolute atomic E-state index is 14.0. The molecule has 0 bridgehead atoms. The fourth-order valence-electron chi connectivity index (χ4n) is 4.46. The summed E-state index contributed by atoms with van der Waals surface area (Å²) in [5.41, 5.74) is 3.57. The molecule has 2 amide bonds. The van der Waals surface area contributed by atoms with Gasteiger partial charge >= 0.3 is 0 Å². The molecular weight excluding hydrogens is 517 g/mol. The summed E-state index contributed by atoms with van der Waals surface area (Å²) in [5, 5.41) is 2.76. The van der Waals surface area contributed by atoms with Gasteiger partial charge in [-0.2, -0.15) is 0 Å². The van der Waals surface area contributed by atoms with Gasteiger partial charge in [-0.3, -0.25) is 13.9 Å². The third kappa shape index (κ3) is 7.44. The molecule has 9 heteroatoms. The highest BCUT2D eigenvalue weighted by atomic mass is 32.2. The quantitative estimate of drug-likeness (QED) is 0.366. The van der Waals surface area contributed by atoms with Crippen LogP contribution in [0.4, 0.5) is 10.1 Å². The van der Waals surface area contributed by atoms with Crippen LogP contribution in [0, 0.1) is 26.6 Å². The van der Waals surface area contributed by atoms with Crippen LogP contribution in [0.3, 0.4) is 0 Å². The smallest absolute Gasteiger partial charge is 0.264 e. The number of carbonyl (C=O) groups is 2. The molecule has 0 spiro atoms. The van der Waals surface area contributed by atoms with Crippen molar-refractivity contribution >= 4 is 27.5 Å². The third-order valence-corrected chi connectivity index (χ3v) is 8.17. The Bertz CT molecular complexity index is 1390. The Balaban J connectivity index is 2.09. The molecular formula is C30H36FN3O4S. The van der Waals surface area contributed by atoms with E-state index in [0.717, 1.165) is 21.0 Å². The number of sulfonamides is 1. The molecule has 1 unspecified atom stereocenters. The Morgan fingerprint density at radius 1 is 0.872 bits per heavy atom. The van der Waals surface area contributed by atoms with Crippen molar-refractivity contribution in [3.05, 3.63) is 94.8 Å². The molecule has 3 aromatic rings. The molecule has 0 aromatic heterocycles. The number of carbonyl (C=O) groups excluding carboxylic acids is 2. The second-order valence-corrected chi connectivity index (χ2v) is 11.5. The standard InChI is InChI=1S/C30H36FN3O4S/c1-6-28(30(36)32-7-2)33(19-24-10-12-25(31)13-11-24)29(35)20-34(26-17-22(4)16-23(5)18-26)39(37,38)27-14-8-21(3)9-15-27/h8-18,28H,6-7,19-20H2,1-5H3,(H,32,36). The monoisotopic (exact) mass is 553 g/mol. The van der Waals surface area contributed by atoms with Crippen molar-refractivity contribution in [2.75, 3.05) is 17.4 Å². The van der Waals surface area contributed by atoms with Crippen molar-refractivity contribution in [2.24, 2.45) is 0 Å². The molecule has 0 saturated heterocycles. The number of benzene rings is 3. The number of rotatable bonds is 11. The summed E-state index contributed by atoms with van der Waals surface area (Å²) < 4.78 is 42.5. The van der Waals surface area contributed by atoms with E-state index in [1.165, 1.54) is 29.2 Å². The maximum atomic E-state index is 14.0. The van der Waals surface area contributed by atoms with E-state index < -0.39 is 34.3 Å². The fourth-order valence-corrected chi connectivity index (χ4v) is 5.86. The number of amides is 2. The summed E-state index contributed by atoms with van der Waals surface area (Å²) in [6, 6.07) is 16.6. The van der Waals surface area contributed by atoms with Gasteiger partial charge in [0.15, 0.2) is 0 Å². The summed E-state index contributed by atoms with van der Waals surface area (Å²) in [6.45, 7) is 9.03. The van der Waals surface area contributed by atoms with Crippen LogP contribution >= 0.6 is 0 Å². The Morgan fingerprint density at radius 3 is 2.00 bits per heavy atom. The van der Waals surface area contributed by atoms with Crippen LogP contribution in [0.25, 0.3) is 0 Å². The van der Waals surface area contributed by atoms with E-state index in [1.54, 1.807) is 50.2 Å². The number of hydrogen-bond donors (Lipinski definition) is 1. The van der Waals surface area contributed by atoms with Crippen LogP contribution in [0.5, 0.6) is 0 Å². The molecule has 0 aliphatic carbocycles. The average molecular weight is 554 g/mol. The zero-order valence-corrected chi connectivity index (χ0v) is 23.9. The second-order valence-electron chi connectivity index (χ2n) is 9.64. The molecule has 3 aromatic carbocycles. The van der Waals surface area contributed by atoms with Gasteiger partial charge in [0.25, 0.3) is 10.0 Å². The SMILES string of the molecule is CCNC(=O)C(CC)N(Cc1ccc(F)cc1)C(=O)CN(c1cc(C)cc(C)c1)S(=O)(=O)c1ccc(C)cc1. The number of likely N-dealkylation sites (N-methyl/N-ethyl adjacent to an activating group) is 1. The van der Waals surface area contributed by atoms with Gasteiger partial charge < -0.3 is 10.2 Å². The number of nitrogens with zero attached hydrogens (tertiary/aromatic N) is 2. The number of anilines is 1. The van der Waals surface area contributed by atoms with E-state index in [4.69, 9.17) is 0 Å². The molecule has 1 atom stereocenters. The van der Waals surface area contributed by atoms with Gasteiger partial charge in [-0.25, -0.2) is 12.8 Å². The van der Waals surface area contributed by atoms with Gasteiger partial charge in [0.1, 0.15) is 18.4 Å². The second kappa shape index (κ2) is 12.9. The van der Waals surface area contributed by atoms with Gasteiger partial charge in [-0.05, 0) is 87.2 Å². The lowest BCUT2D eigenvalue weighted by molar-refractivity contribution is -0.140. The topological polar surface area (TPSA) is 86.8 Å². The predicted octanol–water partition coefficient (Wildman–Crippen LogP) is 4.89. The minimum atomic E-state index is -4.14. The summed E-state index contributed by atoms with van der Waals surface area (Å²) in [7, 11) is -4.14. The van der Waals surface area contributed by atoms with Crippen molar-refractivity contribution in [3.8, 4) is 0 Å². The summed E-state index contributed by atoms with van der Waals surface area (Å²) in [6.07, 6.45) is 0.313. The molecule has 0 aliphatic heterocycles. The first kappa shape index (κ1) is 29.8. The molecule has 7 nitrogen and oxygen atoms in total. The average Bonchev–Trinajstić information content (AvgIpc) is 2.88. The van der Waals surface area contributed by atoms with E-state index in [0.29, 0.717) is 24.2 Å². The largest absolute Gasteiger partial charge is 0.355 e. The number of hydrogen-bond acceptors (Lipinski definition) is 4. The molecule has 39 heavy (non-hydrogen) atoms. The lowest BCUT2D eigenvalue weighted by Crippen LogP contribution is -2.52. The Morgan fingerprint density at radius 2 is 1.46 bits per heavy atom. The highest BCUT2D eigenvalue weighted by Gasteiger charge is 2.33. The van der Waals surface area contributed by atoms with Crippen LogP contribution in [0.2, 0.25) is 0 Å².